The predicted octanol–water partition coefficient (Wildman–Crippen LogP) is 4.05. The van der Waals surface area contributed by atoms with Crippen LogP contribution in [0.25, 0.3) is 11.4 Å². The van der Waals surface area contributed by atoms with Crippen LogP contribution in [-0.4, -0.2) is 15.0 Å². The number of hydrogen-bond donors (Lipinski definition) is 2. The molecule has 4 nitrogen and oxygen atoms in total. The van der Waals surface area contributed by atoms with Gasteiger partial charge in [-0.05, 0) is 46.4 Å². The van der Waals surface area contributed by atoms with Crippen LogP contribution in [0, 0.1) is 0 Å². The number of hydrogen-bond acceptors (Lipinski definition) is 3. The van der Waals surface area contributed by atoms with E-state index in [9.17, 15) is 14.6 Å². The molecule has 1 aromatic heterocycles. The van der Waals surface area contributed by atoms with Crippen molar-refractivity contribution in [3.8, 4) is 5.75 Å². The van der Waals surface area contributed by atoms with Gasteiger partial charge < -0.3 is 10.00 Å². The van der Waals surface area contributed by atoms with E-state index >= 15 is 0 Å². The van der Waals surface area contributed by atoms with Crippen LogP contribution >= 0.6 is 8.03 Å². The molecule has 0 saturated carbocycles. The molecule has 22 heavy (non-hydrogen) atoms. The Balaban J connectivity index is 2.56. The van der Waals surface area contributed by atoms with E-state index in [0.717, 1.165) is 11.1 Å². The Hall–Kier alpha value is -1.90. The summed E-state index contributed by atoms with van der Waals surface area (Å²) in [5.41, 5.74) is 1.88. The molecule has 0 aliphatic heterocycles. The van der Waals surface area contributed by atoms with Gasteiger partial charge in [-0.1, -0.05) is 32.9 Å². The summed E-state index contributed by atoms with van der Waals surface area (Å²) in [7, 11) is -2.90. The van der Waals surface area contributed by atoms with Gasteiger partial charge in [0.05, 0.1) is 0 Å². The molecule has 0 aliphatic rings. The molecule has 5 heteroatoms. The Bertz CT molecular complexity index is 718. The lowest BCUT2D eigenvalue weighted by atomic mass is 9.85. The first-order valence-electron chi connectivity index (χ1n) is 6.98. The smallest absolute Gasteiger partial charge is 0.218 e. The lowest BCUT2D eigenvalue weighted by Crippen LogP contribution is -2.11. The van der Waals surface area contributed by atoms with E-state index in [1.165, 1.54) is 0 Å². The van der Waals surface area contributed by atoms with Crippen LogP contribution in [0.4, 0.5) is 0 Å². The molecule has 2 N–H and O–H groups in total. The third kappa shape index (κ3) is 3.85. The second-order valence-electron chi connectivity index (χ2n) is 6.13. The molecule has 116 valence electrons. The number of rotatable bonds is 3. The molecule has 1 aromatic carbocycles. The van der Waals surface area contributed by atoms with Crippen LogP contribution in [-0.2, 0) is 9.98 Å². The summed E-state index contributed by atoms with van der Waals surface area (Å²) in [5.74, 6) is 0.189. The van der Waals surface area contributed by atoms with Gasteiger partial charge in [0.25, 0.3) is 0 Å². The normalized spacial score (nSPS) is 13.9. The van der Waals surface area contributed by atoms with Crippen molar-refractivity contribution in [3.05, 3.63) is 59.4 Å². The van der Waals surface area contributed by atoms with Gasteiger partial charge in [-0.25, -0.2) is 0 Å². The van der Waals surface area contributed by atoms with Gasteiger partial charge in [-0.3, -0.25) is 9.55 Å². The average Bonchev–Trinajstić information content (AvgIpc) is 2.45. The second kappa shape index (κ2) is 6.47. The molecule has 1 heterocycles. The first-order chi connectivity index (χ1) is 10.3. The quantitative estimate of drug-likeness (QED) is 0.838. The van der Waals surface area contributed by atoms with Crippen molar-refractivity contribution in [2.45, 2.75) is 26.2 Å². The third-order valence-electron chi connectivity index (χ3n) is 3.34. The Kier molecular flexibility index (Phi) is 4.84. The Labute approximate surface area is 131 Å². The van der Waals surface area contributed by atoms with Crippen LogP contribution in [0.3, 0.4) is 0 Å². The van der Waals surface area contributed by atoms with Crippen molar-refractivity contribution in [2.24, 2.45) is 0 Å². The summed E-state index contributed by atoms with van der Waals surface area (Å²) in [5, 5.41) is 10.4. The fourth-order valence-corrected chi connectivity index (χ4v) is 2.89. The zero-order valence-electron chi connectivity index (χ0n) is 12.9. The lowest BCUT2D eigenvalue weighted by molar-refractivity contribution is 0.446. The molecule has 0 radical (unpaired) electrons. The molecule has 0 spiro atoms. The van der Waals surface area contributed by atoms with Crippen LogP contribution in [0.2, 0.25) is 0 Å². The van der Waals surface area contributed by atoms with Crippen molar-refractivity contribution in [2.75, 3.05) is 0 Å². The van der Waals surface area contributed by atoms with E-state index in [1.54, 1.807) is 42.7 Å². The molecule has 0 amide bonds. The molecular weight excluding hydrogens is 297 g/mol. The second-order valence-corrected chi connectivity index (χ2v) is 7.28. The van der Waals surface area contributed by atoms with Gasteiger partial charge in [0, 0.05) is 17.7 Å². The highest BCUT2D eigenvalue weighted by molar-refractivity contribution is 7.51. The Morgan fingerprint density at radius 2 is 2.00 bits per heavy atom. The van der Waals surface area contributed by atoms with Crippen molar-refractivity contribution in [1.29, 1.82) is 0 Å². The van der Waals surface area contributed by atoms with E-state index in [0.29, 0.717) is 10.9 Å². The Morgan fingerprint density at radius 1 is 1.27 bits per heavy atom. The van der Waals surface area contributed by atoms with Crippen LogP contribution in [0.5, 0.6) is 5.75 Å². The molecule has 1 atom stereocenters. The molecule has 2 aromatic rings. The van der Waals surface area contributed by atoms with Gasteiger partial charge in [0.2, 0.25) is 8.03 Å². The number of phenols is 1. The lowest BCUT2D eigenvalue weighted by Gasteiger charge is -2.21. The molecule has 0 bridgehead atoms. The summed E-state index contributed by atoms with van der Waals surface area (Å²) in [4.78, 5) is 13.7. The highest BCUT2D eigenvalue weighted by Crippen LogP contribution is 2.41. The van der Waals surface area contributed by atoms with Crippen molar-refractivity contribution < 1.29 is 14.6 Å². The summed E-state index contributed by atoms with van der Waals surface area (Å²) in [6.07, 6.45) is 4.94. The summed E-state index contributed by atoms with van der Waals surface area (Å²) in [6, 6.07) is 8.60. The van der Waals surface area contributed by atoms with E-state index in [4.69, 9.17) is 0 Å². The number of pyridine rings is 1. The highest BCUT2D eigenvalue weighted by atomic mass is 31.1. The first-order valence-corrected chi connectivity index (χ1v) is 8.33. The van der Waals surface area contributed by atoms with Gasteiger partial charge in [-0.2, -0.15) is 0 Å². The summed E-state index contributed by atoms with van der Waals surface area (Å²) in [6.45, 7) is 5.95. The fraction of sp³-hybridized carbons (Fsp3) is 0.235. The number of nitrogens with zero attached hydrogens (tertiary/aromatic N) is 1. The topological polar surface area (TPSA) is 70.4 Å². The minimum Gasteiger partial charge on any atom is -0.508 e. The van der Waals surface area contributed by atoms with Crippen molar-refractivity contribution in [1.82, 2.24) is 4.98 Å². The molecule has 1 unspecified atom stereocenters. The van der Waals surface area contributed by atoms with E-state index in [2.05, 4.69) is 4.98 Å². The van der Waals surface area contributed by atoms with E-state index < -0.39 is 8.03 Å². The maximum atomic E-state index is 11.8. The van der Waals surface area contributed by atoms with Crippen LogP contribution < -0.4 is 0 Å². The third-order valence-corrected chi connectivity index (χ3v) is 4.24. The zero-order valence-corrected chi connectivity index (χ0v) is 13.9. The number of aromatic nitrogens is 1. The van der Waals surface area contributed by atoms with Crippen LogP contribution in [0.15, 0.2) is 42.7 Å². The average molecular weight is 317 g/mol. The number of benzene rings is 1. The maximum Gasteiger partial charge on any atom is 0.218 e. The van der Waals surface area contributed by atoms with Gasteiger partial charge in [0.1, 0.15) is 5.75 Å². The van der Waals surface area contributed by atoms with E-state index in [-0.39, 0.29) is 11.2 Å². The monoisotopic (exact) mass is 317 g/mol. The number of phenolic OH excluding ortho intramolecular Hbond substituents is 1. The summed E-state index contributed by atoms with van der Waals surface area (Å²) < 4.78 is 11.8. The predicted molar refractivity (Wildman–Crippen MR) is 90.1 cm³/mol. The molecule has 2 rings (SSSR count). The fourth-order valence-electron chi connectivity index (χ4n) is 2.20. The van der Waals surface area contributed by atoms with Crippen LogP contribution in [0.1, 0.15) is 37.5 Å². The van der Waals surface area contributed by atoms with Crippen molar-refractivity contribution in [3.63, 3.8) is 0 Å². The molecule has 0 fully saturated rings. The van der Waals surface area contributed by atoms with Gasteiger partial charge >= 0.3 is 0 Å². The first kappa shape index (κ1) is 16.5. The zero-order chi connectivity index (χ0) is 16.3. The van der Waals surface area contributed by atoms with Gasteiger partial charge in [-0.15, -0.1) is 0 Å². The van der Waals surface area contributed by atoms with E-state index in [1.807, 2.05) is 26.8 Å². The van der Waals surface area contributed by atoms with Crippen molar-refractivity contribution >= 4 is 19.4 Å². The minimum absolute atomic E-state index is 0.189. The maximum absolute atomic E-state index is 11.8. The molecular formula is C17H20NO3P. The Morgan fingerprint density at radius 3 is 2.55 bits per heavy atom. The molecule has 0 saturated heterocycles. The minimum atomic E-state index is -2.90. The standard InChI is InChI=1S/C17H20NO3P/c1-17(2,3)14-10-13(6-7-15(14)19)16(22(20)21)9-12-5-4-8-18-11-12/h4-11,19,22H,1-3H3,(H,20,21). The molecule has 0 aliphatic carbocycles. The SMILES string of the molecule is CC(C)(C)c1cc(C(=Cc2cccnc2)[PH](=O)O)ccc1O. The highest BCUT2D eigenvalue weighted by Gasteiger charge is 2.20. The largest absolute Gasteiger partial charge is 0.508 e. The summed E-state index contributed by atoms with van der Waals surface area (Å²) >= 11 is 0. The van der Waals surface area contributed by atoms with Gasteiger partial charge in [0.15, 0.2) is 0 Å². The number of aromatic hydroxyl groups is 1.